The summed E-state index contributed by atoms with van der Waals surface area (Å²) >= 11 is 1.78. The minimum atomic E-state index is 0.625. The summed E-state index contributed by atoms with van der Waals surface area (Å²) in [5, 5.41) is 1.26. The first-order chi connectivity index (χ1) is 8.19. The Hall–Kier alpha value is -0.450. The Morgan fingerprint density at radius 3 is 3.06 bits per heavy atom. The van der Waals surface area contributed by atoms with Crippen LogP contribution in [0.3, 0.4) is 0 Å². The zero-order valence-corrected chi connectivity index (χ0v) is 11.7. The lowest BCUT2D eigenvalue weighted by molar-refractivity contribution is 0.139. The molecule has 2 heterocycles. The third-order valence-corrected chi connectivity index (χ3v) is 4.59. The number of hydrogen-bond acceptors (Lipinski definition) is 4. The van der Waals surface area contributed by atoms with Gasteiger partial charge < -0.3 is 10.6 Å². The van der Waals surface area contributed by atoms with E-state index in [1.807, 2.05) is 6.20 Å². The molecule has 1 aromatic rings. The van der Waals surface area contributed by atoms with E-state index in [9.17, 15) is 0 Å². The normalized spacial score (nSPS) is 22.2. The Kier molecular flexibility index (Phi) is 4.54. The molecule has 0 spiro atoms. The van der Waals surface area contributed by atoms with Gasteiger partial charge in [0.1, 0.15) is 0 Å². The maximum Gasteiger partial charge on any atom is 0.0931 e. The van der Waals surface area contributed by atoms with Gasteiger partial charge in [-0.2, -0.15) is 0 Å². The van der Waals surface area contributed by atoms with Gasteiger partial charge in [-0.1, -0.05) is 0 Å². The van der Waals surface area contributed by atoms with E-state index in [4.69, 9.17) is 5.73 Å². The number of hydrogen-bond donors (Lipinski definition) is 1. The summed E-state index contributed by atoms with van der Waals surface area (Å²) in [5.41, 5.74) is 5.62. The summed E-state index contributed by atoms with van der Waals surface area (Å²) in [4.78, 5) is 8.27. The highest BCUT2D eigenvalue weighted by atomic mass is 32.1. The van der Waals surface area contributed by atoms with Gasteiger partial charge in [0.15, 0.2) is 0 Å². The first-order valence-corrected chi connectivity index (χ1v) is 7.38. The van der Waals surface area contributed by atoms with Crippen LogP contribution in [-0.2, 0) is 13.0 Å². The average Bonchev–Trinajstić information content (AvgIpc) is 2.77. The van der Waals surface area contributed by atoms with Gasteiger partial charge in [-0.3, -0.25) is 0 Å². The van der Waals surface area contributed by atoms with Crippen LogP contribution in [0.25, 0.3) is 0 Å². The first kappa shape index (κ1) is 13.0. The van der Waals surface area contributed by atoms with Crippen molar-refractivity contribution in [3.8, 4) is 0 Å². The van der Waals surface area contributed by atoms with Crippen LogP contribution >= 0.6 is 11.3 Å². The van der Waals surface area contributed by atoms with E-state index in [1.165, 1.54) is 35.8 Å². The molecule has 1 aliphatic heterocycles. The van der Waals surface area contributed by atoms with E-state index in [1.54, 1.807) is 11.3 Å². The van der Waals surface area contributed by atoms with Gasteiger partial charge in [0.25, 0.3) is 0 Å². The van der Waals surface area contributed by atoms with Crippen LogP contribution in [-0.4, -0.2) is 29.0 Å². The van der Waals surface area contributed by atoms with Gasteiger partial charge in [0.2, 0.25) is 0 Å². The van der Waals surface area contributed by atoms with Crippen molar-refractivity contribution in [3.63, 3.8) is 0 Å². The monoisotopic (exact) mass is 253 g/mol. The van der Waals surface area contributed by atoms with Crippen LogP contribution in [0, 0.1) is 5.92 Å². The molecule has 2 N–H and O–H groups in total. The number of likely N-dealkylation sites (tertiary alicyclic amines) is 1. The summed E-state index contributed by atoms with van der Waals surface area (Å²) in [6.45, 7) is 7.70. The van der Waals surface area contributed by atoms with Crippen molar-refractivity contribution < 1.29 is 0 Å². The van der Waals surface area contributed by atoms with E-state index < -0.39 is 0 Å². The molecule has 3 nitrogen and oxygen atoms in total. The van der Waals surface area contributed by atoms with Crippen molar-refractivity contribution in [2.24, 2.45) is 11.7 Å². The van der Waals surface area contributed by atoms with Crippen LogP contribution in [0.4, 0.5) is 0 Å². The lowest BCUT2D eigenvalue weighted by Crippen LogP contribution is -2.40. The zero-order valence-electron chi connectivity index (χ0n) is 10.9. The largest absolute Gasteiger partial charge is 0.326 e. The quantitative estimate of drug-likeness (QED) is 0.895. The molecule has 1 aliphatic rings. The molecule has 17 heavy (non-hydrogen) atoms. The molecule has 1 unspecified atom stereocenters. The number of piperidine rings is 1. The molecule has 0 aromatic carbocycles. The molecule has 1 aromatic heterocycles. The Labute approximate surface area is 108 Å². The highest BCUT2D eigenvalue weighted by molar-refractivity contribution is 7.11. The van der Waals surface area contributed by atoms with Gasteiger partial charge in [-0.15, -0.1) is 11.3 Å². The van der Waals surface area contributed by atoms with Gasteiger partial charge in [-0.25, -0.2) is 4.98 Å². The smallest absolute Gasteiger partial charge is 0.0931 e. The van der Waals surface area contributed by atoms with Gasteiger partial charge in [0.05, 0.1) is 5.01 Å². The summed E-state index contributed by atoms with van der Waals surface area (Å²) in [6, 6.07) is 0.675. The SMILES string of the molecule is CC(C)N1CCCC(Cc2ncc(CN)s2)C1. The minimum absolute atomic E-state index is 0.625. The second kappa shape index (κ2) is 5.94. The molecule has 1 saturated heterocycles. The Morgan fingerprint density at radius 1 is 1.59 bits per heavy atom. The Balaban J connectivity index is 1.90. The van der Waals surface area contributed by atoms with Crippen LogP contribution in [0.2, 0.25) is 0 Å². The van der Waals surface area contributed by atoms with E-state index in [2.05, 4.69) is 23.7 Å². The molecular weight excluding hydrogens is 230 g/mol. The summed E-state index contributed by atoms with van der Waals surface area (Å²) in [7, 11) is 0. The van der Waals surface area contributed by atoms with E-state index in [0.29, 0.717) is 12.6 Å². The van der Waals surface area contributed by atoms with E-state index in [-0.39, 0.29) is 0 Å². The molecular formula is C13H23N3S. The molecule has 0 radical (unpaired) electrons. The lowest BCUT2D eigenvalue weighted by atomic mass is 9.94. The third-order valence-electron chi connectivity index (χ3n) is 3.55. The molecule has 96 valence electrons. The fraction of sp³-hybridized carbons (Fsp3) is 0.769. The Bertz CT molecular complexity index is 348. The zero-order chi connectivity index (χ0) is 12.3. The van der Waals surface area contributed by atoms with Crippen LogP contribution < -0.4 is 5.73 Å². The predicted molar refractivity (Wildman–Crippen MR) is 73.1 cm³/mol. The molecule has 0 saturated carbocycles. The molecule has 0 aliphatic carbocycles. The average molecular weight is 253 g/mol. The summed E-state index contributed by atoms with van der Waals surface area (Å²) in [5.74, 6) is 0.780. The van der Waals surface area contributed by atoms with Crippen LogP contribution in [0.15, 0.2) is 6.20 Å². The number of nitrogens with zero attached hydrogens (tertiary/aromatic N) is 2. The first-order valence-electron chi connectivity index (χ1n) is 6.56. The summed E-state index contributed by atoms with van der Waals surface area (Å²) < 4.78 is 0. The Morgan fingerprint density at radius 2 is 2.41 bits per heavy atom. The lowest BCUT2D eigenvalue weighted by Gasteiger charge is -2.35. The highest BCUT2D eigenvalue weighted by Crippen LogP contribution is 2.24. The molecule has 0 amide bonds. The van der Waals surface area contributed by atoms with E-state index >= 15 is 0 Å². The van der Waals surface area contributed by atoms with Crippen molar-refractivity contribution in [1.82, 2.24) is 9.88 Å². The molecule has 1 fully saturated rings. The van der Waals surface area contributed by atoms with Crippen molar-refractivity contribution in [3.05, 3.63) is 16.1 Å². The number of aromatic nitrogens is 1. The van der Waals surface area contributed by atoms with Gasteiger partial charge >= 0.3 is 0 Å². The molecule has 0 bridgehead atoms. The predicted octanol–water partition coefficient (Wildman–Crippen LogP) is 2.26. The van der Waals surface area contributed by atoms with Gasteiger partial charge in [-0.05, 0) is 39.2 Å². The van der Waals surface area contributed by atoms with Crippen molar-refractivity contribution in [2.75, 3.05) is 13.1 Å². The van der Waals surface area contributed by atoms with Gasteiger partial charge in [0, 0.05) is 36.6 Å². The third kappa shape index (κ3) is 3.50. The maximum absolute atomic E-state index is 5.62. The number of thiazole rings is 1. The fourth-order valence-electron chi connectivity index (χ4n) is 2.52. The number of nitrogens with two attached hydrogens (primary N) is 1. The minimum Gasteiger partial charge on any atom is -0.326 e. The maximum atomic E-state index is 5.62. The summed E-state index contributed by atoms with van der Waals surface area (Å²) in [6.07, 6.45) is 5.75. The van der Waals surface area contributed by atoms with Crippen LogP contribution in [0.5, 0.6) is 0 Å². The fourth-order valence-corrected chi connectivity index (χ4v) is 3.43. The second-order valence-corrected chi connectivity index (χ2v) is 6.43. The topological polar surface area (TPSA) is 42.2 Å². The van der Waals surface area contributed by atoms with Crippen molar-refractivity contribution in [2.45, 2.75) is 45.7 Å². The van der Waals surface area contributed by atoms with Crippen LogP contribution in [0.1, 0.15) is 36.6 Å². The molecule has 4 heteroatoms. The standard InChI is InChI=1S/C13H23N3S/c1-10(2)16-5-3-4-11(9-16)6-13-15-8-12(7-14)17-13/h8,10-11H,3-7,9,14H2,1-2H3. The van der Waals surface area contributed by atoms with Crippen molar-refractivity contribution >= 4 is 11.3 Å². The molecule has 1 atom stereocenters. The molecule has 2 rings (SSSR count). The van der Waals surface area contributed by atoms with E-state index in [0.717, 1.165) is 12.3 Å². The van der Waals surface area contributed by atoms with Crippen molar-refractivity contribution in [1.29, 1.82) is 0 Å². The highest BCUT2D eigenvalue weighted by Gasteiger charge is 2.22. The second-order valence-electron chi connectivity index (χ2n) is 5.23. The number of rotatable bonds is 4.